The third-order valence-electron chi connectivity index (χ3n) is 4.73. The molecule has 8 heteroatoms. The number of anilines is 2. The fraction of sp³-hybridized carbons (Fsp3) is 0.350. The van der Waals surface area contributed by atoms with Gasteiger partial charge in [-0.1, -0.05) is 12.8 Å². The average Bonchev–Trinajstić information content (AvgIpc) is 2.95. The van der Waals surface area contributed by atoms with Crippen molar-refractivity contribution in [2.45, 2.75) is 37.5 Å². The van der Waals surface area contributed by atoms with Crippen LogP contribution in [0, 0.1) is 12.7 Å². The van der Waals surface area contributed by atoms with Gasteiger partial charge in [0.2, 0.25) is 10.0 Å². The van der Waals surface area contributed by atoms with Crippen molar-refractivity contribution < 1.29 is 12.8 Å². The van der Waals surface area contributed by atoms with Gasteiger partial charge in [0.25, 0.3) is 0 Å². The lowest BCUT2D eigenvalue weighted by molar-refractivity contribution is 0.424. The molecule has 2 N–H and O–H groups in total. The molecule has 0 bridgehead atoms. The van der Waals surface area contributed by atoms with Crippen LogP contribution in [0.25, 0.3) is 0 Å². The summed E-state index contributed by atoms with van der Waals surface area (Å²) in [7, 11) is -3.47. The van der Waals surface area contributed by atoms with Crippen molar-refractivity contribution in [3.8, 4) is 0 Å². The van der Waals surface area contributed by atoms with Crippen LogP contribution in [0.15, 0.2) is 47.4 Å². The van der Waals surface area contributed by atoms with Crippen molar-refractivity contribution in [2.24, 2.45) is 0 Å². The molecule has 5 nitrogen and oxygen atoms in total. The summed E-state index contributed by atoms with van der Waals surface area (Å²) in [5.41, 5.74) is 1.87. The number of thiocarbonyl (C=S) groups is 1. The van der Waals surface area contributed by atoms with Gasteiger partial charge in [-0.25, -0.2) is 12.8 Å². The van der Waals surface area contributed by atoms with Crippen molar-refractivity contribution in [3.05, 3.63) is 53.8 Å². The number of nitrogens with zero attached hydrogens (tertiary/aromatic N) is 1. The number of benzene rings is 2. The lowest BCUT2D eigenvalue weighted by Gasteiger charge is -2.20. The molecular formula is C20H24FN3O2S2. The summed E-state index contributed by atoms with van der Waals surface area (Å²) in [6.07, 6.45) is 3.96. The molecule has 150 valence electrons. The van der Waals surface area contributed by atoms with Crippen LogP contribution in [-0.2, 0) is 10.0 Å². The monoisotopic (exact) mass is 421 g/mol. The predicted molar refractivity (Wildman–Crippen MR) is 115 cm³/mol. The molecule has 2 aromatic rings. The van der Waals surface area contributed by atoms with E-state index in [-0.39, 0.29) is 10.7 Å². The maximum Gasteiger partial charge on any atom is 0.243 e. The Bertz CT molecular complexity index is 938. The first-order valence-electron chi connectivity index (χ1n) is 9.30. The van der Waals surface area contributed by atoms with Crippen LogP contribution in [0.5, 0.6) is 0 Å². The number of hydrogen-bond donors (Lipinski definition) is 2. The van der Waals surface area contributed by atoms with E-state index in [4.69, 9.17) is 12.2 Å². The first-order valence-corrected chi connectivity index (χ1v) is 11.2. The Balaban J connectivity index is 1.65. The van der Waals surface area contributed by atoms with Crippen molar-refractivity contribution in [2.75, 3.05) is 23.7 Å². The molecule has 0 aromatic heterocycles. The fourth-order valence-corrected chi connectivity index (χ4v) is 4.91. The first-order chi connectivity index (χ1) is 13.4. The van der Waals surface area contributed by atoms with Crippen LogP contribution in [0.3, 0.4) is 0 Å². The summed E-state index contributed by atoms with van der Waals surface area (Å²) in [6.45, 7) is 2.83. The Morgan fingerprint density at radius 3 is 2.14 bits per heavy atom. The van der Waals surface area contributed by atoms with Crippen LogP contribution in [0.1, 0.15) is 31.2 Å². The smallest absolute Gasteiger partial charge is 0.243 e. The number of hydrogen-bond acceptors (Lipinski definition) is 3. The van der Waals surface area contributed by atoms with E-state index in [1.165, 1.54) is 6.07 Å². The van der Waals surface area contributed by atoms with E-state index in [0.29, 0.717) is 35.1 Å². The molecule has 0 aliphatic carbocycles. The highest BCUT2D eigenvalue weighted by Gasteiger charge is 2.24. The van der Waals surface area contributed by atoms with Gasteiger partial charge in [0.05, 0.1) is 4.90 Å². The quantitative estimate of drug-likeness (QED) is 0.712. The summed E-state index contributed by atoms with van der Waals surface area (Å²) in [4.78, 5) is 0.285. The van der Waals surface area contributed by atoms with Crippen molar-refractivity contribution in [1.29, 1.82) is 0 Å². The van der Waals surface area contributed by atoms with E-state index >= 15 is 0 Å². The van der Waals surface area contributed by atoms with Crippen LogP contribution < -0.4 is 10.6 Å². The highest BCUT2D eigenvalue weighted by molar-refractivity contribution is 7.89. The SMILES string of the molecule is Cc1cc(NC(=S)Nc2ccc(S(=O)(=O)N3CCCCCC3)cc2)ccc1F. The van der Waals surface area contributed by atoms with Gasteiger partial charge in [-0.15, -0.1) is 0 Å². The average molecular weight is 422 g/mol. The summed E-state index contributed by atoms with van der Waals surface area (Å²) in [5.74, 6) is -0.273. The maximum absolute atomic E-state index is 13.3. The number of halogens is 1. The molecule has 0 amide bonds. The molecule has 0 unspecified atom stereocenters. The van der Waals surface area contributed by atoms with Gasteiger partial charge in [0, 0.05) is 24.5 Å². The molecule has 1 aliphatic heterocycles. The second-order valence-electron chi connectivity index (χ2n) is 6.89. The molecule has 2 aromatic carbocycles. The Morgan fingerprint density at radius 1 is 0.964 bits per heavy atom. The molecule has 1 fully saturated rings. The van der Waals surface area contributed by atoms with Gasteiger partial charge in [0.15, 0.2) is 5.11 Å². The van der Waals surface area contributed by atoms with Crippen molar-refractivity contribution in [3.63, 3.8) is 0 Å². The third-order valence-corrected chi connectivity index (χ3v) is 6.85. The zero-order valence-electron chi connectivity index (χ0n) is 15.7. The summed E-state index contributed by atoms with van der Waals surface area (Å²) in [5, 5.41) is 6.34. The largest absolute Gasteiger partial charge is 0.332 e. The molecular weight excluding hydrogens is 397 g/mol. The van der Waals surface area contributed by atoms with Crippen molar-refractivity contribution >= 4 is 38.7 Å². The van der Waals surface area contributed by atoms with Crippen LogP contribution in [0.4, 0.5) is 15.8 Å². The fourth-order valence-electron chi connectivity index (χ4n) is 3.16. The Morgan fingerprint density at radius 2 is 1.54 bits per heavy atom. The lowest BCUT2D eigenvalue weighted by atomic mass is 10.2. The van der Waals surface area contributed by atoms with Gasteiger partial charge >= 0.3 is 0 Å². The highest BCUT2D eigenvalue weighted by Crippen LogP contribution is 2.22. The minimum absolute atomic E-state index is 0.273. The second kappa shape index (κ2) is 8.98. The Labute approximate surface area is 171 Å². The zero-order valence-corrected chi connectivity index (χ0v) is 17.4. The normalized spacial score (nSPS) is 15.6. The molecule has 3 rings (SSSR count). The molecule has 1 saturated heterocycles. The number of sulfonamides is 1. The minimum Gasteiger partial charge on any atom is -0.332 e. The number of aryl methyl sites for hydroxylation is 1. The van der Waals surface area contributed by atoms with Gasteiger partial charge in [-0.05, 0) is 80.0 Å². The van der Waals surface area contributed by atoms with Crippen LogP contribution in [0.2, 0.25) is 0 Å². The topological polar surface area (TPSA) is 61.4 Å². The molecule has 1 heterocycles. The Hall–Kier alpha value is -2.03. The Kier molecular flexibility index (Phi) is 6.64. The van der Waals surface area contributed by atoms with E-state index in [0.717, 1.165) is 25.7 Å². The van der Waals surface area contributed by atoms with Gasteiger partial charge in [0.1, 0.15) is 5.82 Å². The van der Waals surface area contributed by atoms with Gasteiger partial charge < -0.3 is 10.6 Å². The van der Waals surface area contributed by atoms with E-state index in [1.54, 1.807) is 47.6 Å². The van der Waals surface area contributed by atoms with Crippen molar-refractivity contribution in [1.82, 2.24) is 4.31 Å². The van der Waals surface area contributed by atoms with E-state index in [1.807, 2.05) is 0 Å². The minimum atomic E-state index is -3.47. The van der Waals surface area contributed by atoms with Gasteiger partial charge in [-0.3, -0.25) is 0 Å². The van der Waals surface area contributed by atoms with Crippen LogP contribution in [-0.4, -0.2) is 30.9 Å². The predicted octanol–water partition coefficient (Wildman–Crippen LogP) is 4.51. The number of rotatable bonds is 4. The van der Waals surface area contributed by atoms with Gasteiger partial charge in [-0.2, -0.15) is 4.31 Å². The van der Waals surface area contributed by atoms with E-state index in [9.17, 15) is 12.8 Å². The van der Waals surface area contributed by atoms with E-state index < -0.39 is 10.0 Å². The van der Waals surface area contributed by atoms with E-state index in [2.05, 4.69) is 10.6 Å². The number of nitrogens with one attached hydrogen (secondary N) is 2. The summed E-state index contributed by atoms with van der Waals surface area (Å²) < 4.78 is 40.5. The highest BCUT2D eigenvalue weighted by atomic mass is 32.2. The molecule has 0 saturated carbocycles. The molecule has 0 atom stereocenters. The standard InChI is InChI=1S/C20H24FN3O2S2/c1-15-14-17(8-11-19(15)21)23-20(27)22-16-6-9-18(10-7-16)28(25,26)24-12-4-2-3-5-13-24/h6-11,14H,2-5,12-13H2,1H3,(H2,22,23,27). The molecule has 28 heavy (non-hydrogen) atoms. The van der Waals surface area contributed by atoms with Crippen LogP contribution >= 0.6 is 12.2 Å². The molecule has 0 radical (unpaired) electrons. The maximum atomic E-state index is 13.3. The summed E-state index contributed by atoms with van der Waals surface area (Å²) >= 11 is 5.28. The lowest BCUT2D eigenvalue weighted by Crippen LogP contribution is -2.31. The first kappa shape index (κ1) is 20.7. The molecule has 0 spiro atoms. The molecule has 1 aliphatic rings. The third kappa shape index (κ3) is 5.06. The zero-order chi connectivity index (χ0) is 20.1. The second-order valence-corrected chi connectivity index (χ2v) is 9.23. The summed E-state index contributed by atoms with van der Waals surface area (Å²) in [6, 6.07) is 11.2.